The number of nitrogens with zero attached hydrogens (tertiary/aromatic N) is 6. The molecule has 2 aromatic heterocycles. The standard InChI is InChI=1S/C21H25BrF2N6O3S2Si/c1-29-17-14(16(28-29)19-26-27-20(34-19)18(23)24)9-13(10-15(17)22)35(31,32)30(21(11-25)5-6-21)12-33-7-8-36(2,3)4/h9-10,18H,5-8,12H2,1-4H3. The Morgan fingerprint density at radius 3 is 2.58 bits per heavy atom. The quantitative estimate of drug-likeness (QED) is 0.175. The molecule has 36 heavy (non-hydrogen) atoms. The summed E-state index contributed by atoms with van der Waals surface area (Å²) in [7, 11) is -3.89. The summed E-state index contributed by atoms with van der Waals surface area (Å²) in [5, 5.41) is 21.7. The Morgan fingerprint density at radius 2 is 2.03 bits per heavy atom. The summed E-state index contributed by atoms with van der Waals surface area (Å²) >= 11 is 4.13. The van der Waals surface area contributed by atoms with Gasteiger partial charge in [-0.3, -0.25) is 4.68 Å². The van der Waals surface area contributed by atoms with Gasteiger partial charge < -0.3 is 4.74 Å². The van der Waals surface area contributed by atoms with Crippen LogP contribution in [-0.2, 0) is 21.8 Å². The zero-order chi connectivity index (χ0) is 26.5. The number of hydrogen-bond donors (Lipinski definition) is 0. The lowest BCUT2D eigenvalue weighted by Crippen LogP contribution is -2.43. The smallest absolute Gasteiger partial charge is 0.291 e. The van der Waals surface area contributed by atoms with Gasteiger partial charge in [0.2, 0.25) is 10.0 Å². The fraction of sp³-hybridized carbons (Fsp3) is 0.524. The van der Waals surface area contributed by atoms with Crippen LogP contribution in [0, 0.1) is 11.3 Å². The predicted molar refractivity (Wildman–Crippen MR) is 138 cm³/mol. The zero-order valence-corrected chi connectivity index (χ0v) is 24.3. The van der Waals surface area contributed by atoms with Crippen molar-refractivity contribution in [2.24, 2.45) is 7.05 Å². The second-order valence-corrected chi connectivity index (χ2v) is 19.2. The third kappa shape index (κ3) is 5.25. The van der Waals surface area contributed by atoms with Crippen LogP contribution in [0.15, 0.2) is 21.5 Å². The Balaban J connectivity index is 1.75. The highest BCUT2D eigenvalue weighted by Crippen LogP contribution is 2.45. The fourth-order valence-electron chi connectivity index (χ4n) is 3.67. The van der Waals surface area contributed by atoms with Crippen LogP contribution in [-0.4, -0.2) is 59.7 Å². The lowest BCUT2D eigenvalue weighted by atomic mass is 10.2. The van der Waals surface area contributed by atoms with Gasteiger partial charge in [0.25, 0.3) is 6.43 Å². The van der Waals surface area contributed by atoms with E-state index in [1.54, 1.807) is 7.05 Å². The van der Waals surface area contributed by atoms with E-state index >= 15 is 0 Å². The van der Waals surface area contributed by atoms with E-state index in [2.05, 4.69) is 56.9 Å². The summed E-state index contributed by atoms with van der Waals surface area (Å²) in [4.78, 5) is -0.0648. The van der Waals surface area contributed by atoms with Crippen LogP contribution in [0.5, 0.6) is 0 Å². The summed E-state index contributed by atoms with van der Waals surface area (Å²) < 4.78 is 62.7. The van der Waals surface area contributed by atoms with Crippen molar-refractivity contribution in [3.63, 3.8) is 0 Å². The van der Waals surface area contributed by atoms with Crippen molar-refractivity contribution in [3.8, 4) is 16.8 Å². The van der Waals surface area contributed by atoms with Crippen LogP contribution in [0.3, 0.4) is 0 Å². The number of ether oxygens (including phenoxy) is 1. The monoisotopic (exact) mass is 618 g/mol. The van der Waals surface area contributed by atoms with Crippen LogP contribution in [0.2, 0.25) is 25.7 Å². The molecule has 4 rings (SSSR count). The number of aryl methyl sites for hydroxylation is 1. The molecular formula is C21H25BrF2N6O3S2Si. The van der Waals surface area contributed by atoms with E-state index in [0.717, 1.165) is 10.3 Å². The highest BCUT2D eigenvalue weighted by molar-refractivity contribution is 9.10. The highest BCUT2D eigenvalue weighted by Gasteiger charge is 2.54. The Hall–Kier alpha value is -1.83. The van der Waals surface area contributed by atoms with Crippen LogP contribution >= 0.6 is 27.3 Å². The van der Waals surface area contributed by atoms with E-state index < -0.39 is 35.1 Å². The van der Waals surface area contributed by atoms with Gasteiger partial charge in [-0.05, 0) is 46.9 Å². The first kappa shape index (κ1) is 27.2. The molecule has 1 saturated carbocycles. The topological polar surface area (TPSA) is 114 Å². The van der Waals surface area contributed by atoms with E-state index in [0.29, 0.717) is 46.2 Å². The molecule has 0 spiro atoms. The maximum Gasteiger partial charge on any atom is 0.291 e. The van der Waals surface area contributed by atoms with Gasteiger partial charge in [0.1, 0.15) is 18.0 Å². The number of benzene rings is 1. The summed E-state index contributed by atoms with van der Waals surface area (Å²) in [6, 6.07) is 5.90. The number of alkyl halides is 2. The zero-order valence-electron chi connectivity index (χ0n) is 20.1. The van der Waals surface area contributed by atoms with Gasteiger partial charge >= 0.3 is 0 Å². The molecule has 1 aromatic carbocycles. The maximum atomic E-state index is 13.8. The third-order valence-electron chi connectivity index (χ3n) is 5.90. The van der Waals surface area contributed by atoms with Gasteiger partial charge in [-0.1, -0.05) is 31.0 Å². The fourth-order valence-corrected chi connectivity index (χ4v) is 7.68. The first-order valence-corrected chi connectivity index (χ1v) is 17.8. The lowest BCUT2D eigenvalue weighted by Gasteiger charge is -2.27. The first-order chi connectivity index (χ1) is 16.8. The van der Waals surface area contributed by atoms with Crippen molar-refractivity contribution in [2.75, 3.05) is 13.3 Å². The van der Waals surface area contributed by atoms with Gasteiger partial charge in [-0.15, -0.1) is 10.2 Å². The van der Waals surface area contributed by atoms with Crippen LogP contribution in [0.4, 0.5) is 8.78 Å². The maximum absolute atomic E-state index is 13.8. The number of rotatable bonds is 10. The molecule has 0 N–H and O–H groups in total. The summed E-state index contributed by atoms with van der Waals surface area (Å²) in [6.07, 6.45) is -1.93. The molecule has 1 fully saturated rings. The van der Waals surface area contributed by atoms with Gasteiger partial charge in [0.15, 0.2) is 10.0 Å². The van der Waals surface area contributed by atoms with Gasteiger partial charge in [-0.2, -0.15) is 14.7 Å². The summed E-state index contributed by atoms with van der Waals surface area (Å²) in [5.41, 5.74) is -0.339. The molecular weight excluding hydrogens is 594 g/mol. The summed E-state index contributed by atoms with van der Waals surface area (Å²) in [6.45, 7) is 6.77. The summed E-state index contributed by atoms with van der Waals surface area (Å²) in [5.74, 6) is 0. The minimum absolute atomic E-state index is 0.0648. The molecule has 0 bridgehead atoms. The number of aromatic nitrogens is 4. The molecule has 1 aliphatic rings. The van der Waals surface area contributed by atoms with E-state index in [-0.39, 0.29) is 22.3 Å². The average Bonchev–Trinajstić information content (AvgIpc) is 3.26. The lowest BCUT2D eigenvalue weighted by molar-refractivity contribution is 0.0660. The van der Waals surface area contributed by atoms with Crippen LogP contribution < -0.4 is 0 Å². The molecule has 0 amide bonds. The van der Waals surface area contributed by atoms with E-state index in [4.69, 9.17) is 4.74 Å². The molecule has 2 heterocycles. The Labute approximate surface area is 221 Å². The van der Waals surface area contributed by atoms with E-state index in [1.165, 1.54) is 16.8 Å². The number of halogens is 3. The number of nitriles is 1. The SMILES string of the molecule is Cn1nc(-c2nnc(C(F)F)s2)c2cc(S(=O)(=O)N(COCC[Si](C)(C)C)C3(C#N)CC3)cc(Br)c21. The van der Waals surface area contributed by atoms with Crippen molar-refractivity contribution in [3.05, 3.63) is 21.6 Å². The average molecular weight is 620 g/mol. The van der Waals surface area contributed by atoms with Crippen LogP contribution in [0.1, 0.15) is 24.3 Å². The minimum Gasteiger partial charge on any atom is -0.365 e. The van der Waals surface area contributed by atoms with Crippen molar-refractivity contribution in [1.29, 1.82) is 5.26 Å². The number of fused-ring (bicyclic) bond motifs is 1. The predicted octanol–water partition coefficient (Wildman–Crippen LogP) is 5.15. The Bertz CT molecular complexity index is 1440. The van der Waals surface area contributed by atoms with Gasteiger partial charge in [-0.25, -0.2) is 17.2 Å². The van der Waals surface area contributed by atoms with Gasteiger partial charge in [0, 0.05) is 31.6 Å². The largest absolute Gasteiger partial charge is 0.365 e. The Morgan fingerprint density at radius 1 is 1.33 bits per heavy atom. The molecule has 0 unspecified atom stereocenters. The van der Waals surface area contributed by atoms with Crippen molar-refractivity contribution < 1.29 is 21.9 Å². The molecule has 0 radical (unpaired) electrons. The Kier molecular flexibility index (Phi) is 7.41. The third-order valence-corrected chi connectivity index (χ3v) is 11.0. The van der Waals surface area contributed by atoms with Gasteiger partial charge in [0.05, 0.1) is 16.5 Å². The van der Waals surface area contributed by atoms with E-state index in [1.807, 2.05) is 0 Å². The molecule has 15 heteroatoms. The van der Waals surface area contributed by atoms with Crippen LogP contribution in [0.25, 0.3) is 21.6 Å². The number of sulfonamides is 1. The second kappa shape index (κ2) is 9.80. The minimum atomic E-state index is -4.16. The normalized spacial score (nSPS) is 15.7. The molecule has 0 aliphatic heterocycles. The van der Waals surface area contributed by atoms with Crippen molar-refractivity contribution >= 4 is 56.3 Å². The number of hydrogen-bond acceptors (Lipinski definition) is 8. The first-order valence-electron chi connectivity index (χ1n) is 11.1. The molecule has 3 aromatic rings. The molecule has 0 atom stereocenters. The second-order valence-electron chi connectivity index (χ2n) is 9.86. The molecule has 194 valence electrons. The molecule has 1 aliphatic carbocycles. The molecule has 9 nitrogen and oxygen atoms in total. The highest BCUT2D eigenvalue weighted by atomic mass is 79.9. The van der Waals surface area contributed by atoms with Crippen molar-refractivity contribution in [2.45, 2.75) is 55.4 Å². The van der Waals surface area contributed by atoms with Crippen molar-refractivity contribution in [1.82, 2.24) is 24.3 Å². The molecule has 0 saturated heterocycles. The van der Waals surface area contributed by atoms with E-state index in [9.17, 15) is 22.5 Å².